The molecule has 1 rings (SSSR count). The Morgan fingerprint density at radius 1 is 1.36 bits per heavy atom. The van der Waals surface area contributed by atoms with Crippen LogP contribution in [0.2, 0.25) is 0 Å². The Balaban J connectivity index is 3.24. The molecular formula is C10H7F2NO. The maximum absolute atomic E-state index is 13.1. The minimum absolute atomic E-state index is 0.436. The first-order valence-electron chi connectivity index (χ1n) is 3.78. The van der Waals surface area contributed by atoms with Crippen molar-refractivity contribution in [3.63, 3.8) is 0 Å². The van der Waals surface area contributed by atoms with E-state index in [0.29, 0.717) is 5.56 Å². The number of halogens is 2. The quantitative estimate of drug-likeness (QED) is 0.619. The molecule has 2 nitrogen and oxygen atoms in total. The number of rotatable bonds is 0. The van der Waals surface area contributed by atoms with Gasteiger partial charge in [-0.3, -0.25) is 4.79 Å². The molecule has 0 bridgehead atoms. The Morgan fingerprint density at radius 3 is 2.29 bits per heavy atom. The highest BCUT2D eigenvalue weighted by Crippen LogP contribution is 2.13. The summed E-state index contributed by atoms with van der Waals surface area (Å²) < 4.78 is 26.1. The monoisotopic (exact) mass is 195 g/mol. The molecule has 72 valence electrons. The molecule has 0 radical (unpaired) electrons. The van der Waals surface area contributed by atoms with Crippen LogP contribution in [0.5, 0.6) is 0 Å². The van der Waals surface area contributed by atoms with Gasteiger partial charge in [0, 0.05) is 5.92 Å². The molecule has 0 saturated carbocycles. The maximum atomic E-state index is 13.1. The summed E-state index contributed by atoms with van der Waals surface area (Å²) in [6, 6.07) is 2.27. The smallest absolute Gasteiger partial charge is 0.293 e. The zero-order valence-corrected chi connectivity index (χ0v) is 7.40. The van der Waals surface area contributed by atoms with E-state index in [4.69, 9.17) is 5.73 Å². The number of hydrogen-bond acceptors (Lipinski definition) is 1. The Kier molecular flexibility index (Phi) is 2.82. The van der Waals surface area contributed by atoms with Crippen molar-refractivity contribution < 1.29 is 13.6 Å². The van der Waals surface area contributed by atoms with E-state index in [1.807, 2.05) is 11.8 Å². The van der Waals surface area contributed by atoms with Gasteiger partial charge in [0.05, 0.1) is 5.56 Å². The average molecular weight is 195 g/mol. The second kappa shape index (κ2) is 3.88. The van der Waals surface area contributed by atoms with Crippen molar-refractivity contribution in [2.45, 2.75) is 6.92 Å². The van der Waals surface area contributed by atoms with Gasteiger partial charge in [-0.15, -0.1) is 0 Å². The van der Waals surface area contributed by atoms with Crippen LogP contribution < -0.4 is 5.73 Å². The molecule has 0 aliphatic heterocycles. The van der Waals surface area contributed by atoms with Crippen LogP contribution in [-0.4, -0.2) is 5.91 Å². The van der Waals surface area contributed by atoms with Gasteiger partial charge in [0.25, 0.3) is 5.91 Å². The van der Waals surface area contributed by atoms with Gasteiger partial charge in [-0.2, -0.15) is 0 Å². The normalized spacial score (nSPS) is 9.07. The van der Waals surface area contributed by atoms with E-state index >= 15 is 0 Å². The zero-order chi connectivity index (χ0) is 10.7. The molecular weight excluding hydrogens is 188 g/mol. The predicted octanol–water partition coefficient (Wildman–Crippen LogP) is 1.11. The first-order valence-corrected chi connectivity index (χ1v) is 3.78. The lowest BCUT2D eigenvalue weighted by molar-refractivity contribution is -0.112. The molecule has 0 unspecified atom stereocenters. The summed E-state index contributed by atoms with van der Waals surface area (Å²) in [6.45, 7) is 1.55. The first-order chi connectivity index (χ1) is 6.50. The second-order valence-electron chi connectivity index (χ2n) is 2.72. The molecule has 0 aromatic heterocycles. The highest BCUT2D eigenvalue weighted by atomic mass is 19.1. The van der Waals surface area contributed by atoms with Gasteiger partial charge in [-0.25, -0.2) is 8.78 Å². The first kappa shape index (κ1) is 10.2. The van der Waals surface area contributed by atoms with Crippen LogP contribution in [0.4, 0.5) is 8.78 Å². The van der Waals surface area contributed by atoms with E-state index in [9.17, 15) is 13.6 Å². The minimum Gasteiger partial charge on any atom is -0.359 e. The fourth-order valence-corrected chi connectivity index (χ4v) is 0.943. The van der Waals surface area contributed by atoms with Crippen LogP contribution in [0.15, 0.2) is 12.1 Å². The lowest BCUT2D eigenvalue weighted by atomic mass is 10.1. The summed E-state index contributed by atoms with van der Waals surface area (Å²) in [7, 11) is 0. The molecule has 1 aromatic rings. The summed E-state index contributed by atoms with van der Waals surface area (Å²) in [5.41, 5.74) is 4.73. The minimum atomic E-state index is -0.927. The number of aryl methyl sites for hydroxylation is 1. The van der Waals surface area contributed by atoms with Crippen molar-refractivity contribution in [1.82, 2.24) is 0 Å². The Bertz CT molecular complexity index is 420. The molecule has 1 aromatic carbocycles. The molecule has 0 heterocycles. The van der Waals surface area contributed by atoms with Crippen molar-refractivity contribution >= 4 is 5.91 Å². The van der Waals surface area contributed by atoms with Gasteiger partial charge in [-0.1, -0.05) is 5.92 Å². The van der Waals surface area contributed by atoms with Gasteiger partial charge in [0.2, 0.25) is 0 Å². The third-order valence-corrected chi connectivity index (χ3v) is 1.50. The number of carbonyl (C=O) groups excluding carboxylic acids is 1. The Labute approximate surface area is 79.7 Å². The largest absolute Gasteiger partial charge is 0.359 e. The van der Waals surface area contributed by atoms with Crippen LogP contribution in [-0.2, 0) is 4.79 Å². The highest BCUT2D eigenvalue weighted by Gasteiger charge is 2.06. The van der Waals surface area contributed by atoms with E-state index in [0.717, 1.165) is 12.1 Å². The van der Waals surface area contributed by atoms with E-state index in [-0.39, 0.29) is 0 Å². The van der Waals surface area contributed by atoms with Gasteiger partial charge in [0.1, 0.15) is 11.6 Å². The third kappa shape index (κ3) is 2.30. The van der Waals surface area contributed by atoms with E-state index < -0.39 is 23.1 Å². The molecule has 4 heteroatoms. The summed E-state index contributed by atoms with van der Waals surface area (Å²) in [6.07, 6.45) is 0. The van der Waals surface area contributed by atoms with Crippen LogP contribution in [0, 0.1) is 30.4 Å². The summed E-state index contributed by atoms with van der Waals surface area (Å²) in [5, 5.41) is 0. The number of primary amides is 1. The van der Waals surface area contributed by atoms with Crippen LogP contribution in [0.25, 0.3) is 0 Å². The average Bonchev–Trinajstić information content (AvgIpc) is 2.01. The van der Waals surface area contributed by atoms with Crippen LogP contribution in [0.3, 0.4) is 0 Å². The molecule has 0 aliphatic carbocycles. The summed E-state index contributed by atoms with van der Waals surface area (Å²) in [5.74, 6) is 1.39. The van der Waals surface area contributed by atoms with Crippen molar-refractivity contribution in [1.29, 1.82) is 0 Å². The molecule has 0 saturated heterocycles. The summed E-state index contributed by atoms with van der Waals surface area (Å²) in [4.78, 5) is 10.3. The van der Waals surface area contributed by atoms with E-state index in [1.165, 1.54) is 0 Å². The van der Waals surface area contributed by atoms with Crippen molar-refractivity contribution in [2.24, 2.45) is 5.73 Å². The third-order valence-electron chi connectivity index (χ3n) is 1.50. The van der Waals surface area contributed by atoms with Gasteiger partial charge < -0.3 is 5.73 Å². The molecule has 14 heavy (non-hydrogen) atoms. The second-order valence-corrected chi connectivity index (χ2v) is 2.72. The SMILES string of the molecule is Cc1cc(F)c(C#CC(N)=O)c(F)c1. The molecule has 0 fully saturated rings. The highest BCUT2D eigenvalue weighted by molar-refractivity contribution is 5.92. The van der Waals surface area contributed by atoms with Crippen molar-refractivity contribution in [3.05, 3.63) is 34.9 Å². The molecule has 2 N–H and O–H groups in total. The van der Waals surface area contributed by atoms with Crippen LogP contribution in [0.1, 0.15) is 11.1 Å². The van der Waals surface area contributed by atoms with Gasteiger partial charge in [-0.05, 0) is 24.6 Å². The Hall–Kier alpha value is -1.89. The standard InChI is InChI=1S/C10H7F2NO/c1-6-4-8(11)7(9(12)5-6)2-3-10(13)14/h4-5H,1H3,(H2,13,14). The molecule has 1 amide bonds. The maximum Gasteiger partial charge on any atom is 0.293 e. The summed E-state index contributed by atoms with van der Waals surface area (Å²) >= 11 is 0. The zero-order valence-electron chi connectivity index (χ0n) is 7.40. The van der Waals surface area contributed by atoms with Gasteiger partial charge >= 0.3 is 0 Å². The molecule has 0 spiro atoms. The number of amides is 1. The van der Waals surface area contributed by atoms with Crippen molar-refractivity contribution in [3.8, 4) is 11.8 Å². The lowest BCUT2D eigenvalue weighted by Crippen LogP contribution is -2.06. The number of carbonyl (C=O) groups is 1. The number of benzene rings is 1. The number of hydrogen-bond donors (Lipinski definition) is 1. The van der Waals surface area contributed by atoms with Crippen molar-refractivity contribution in [2.75, 3.05) is 0 Å². The van der Waals surface area contributed by atoms with E-state index in [2.05, 4.69) is 0 Å². The molecule has 0 atom stereocenters. The Morgan fingerprint density at radius 2 is 1.86 bits per heavy atom. The van der Waals surface area contributed by atoms with E-state index in [1.54, 1.807) is 6.92 Å². The fourth-order valence-electron chi connectivity index (χ4n) is 0.943. The predicted molar refractivity (Wildman–Crippen MR) is 47.2 cm³/mol. The number of nitrogens with two attached hydrogens (primary N) is 1. The van der Waals surface area contributed by atoms with Gasteiger partial charge in [0.15, 0.2) is 0 Å². The van der Waals surface area contributed by atoms with Crippen LogP contribution >= 0.6 is 0 Å². The molecule has 0 aliphatic rings. The topological polar surface area (TPSA) is 43.1 Å². The fraction of sp³-hybridized carbons (Fsp3) is 0.100. The lowest BCUT2D eigenvalue weighted by Gasteiger charge is -1.98.